The van der Waals surface area contributed by atoms with Crippen LogP contribution in [-0.4, -0.2) is 51.7 Å². The molecule has 0 saturated carbocycles. The SMILES string of the molecule is O=C(CN1CCC(Nc2c(O)cccc2CO)CC1)Nc1cccc2cccnc12. The van der Waals surface area contributed by atoms with E-state index >= 15 is 0 Å². The average molecular weight is 406 g/mol. The first-order valence-corrected chi connectivity index (χ1v) is 10.2. The fraction of sp³-hybridized carbons (Fsp3) is 0.304. The Labute approximate surface area is 175 Å². The molecule has 1 saturated heterocycles. The molecule has 30 heavy (non-hydrogen) atoms. The van der Waals surface area contributed by atoms with E-state index in [1.807, 2.05) is 30.3 Å². The van der Waals surface area contributed by atoms with Crippen LogP contribution in [0.5, 0.6) is 5.75 Å². The van der Waals surface area contributed by atoms with Crippen molar-refractivity contribution in [1.82, 2.24) is 9.88 Å². The average Bonchev–Trinajstić information content (AvgIpc) is 2.76. The number of phenolic OH excluding ortho intramolecular Hbond substituents is 1. The number of amides is 1. The first-order valence-electron chi connectivity index (χ1n) is 10.2. The lowest BCUT2D eigenvalue weighted by Crippen LogP contribution is -2.42. The molecule has 0 bridgehead atoms. The van der Waals surface area contributed by atoms with Crippen LogP contribution in [0.1, 0.15) is 18.4 Å². The Balaban J connectivity index is 1.31. The Morgan fingerprint density at radius 2 is 1.87 bits per heavy atom. The number of hydrogen-bond donors (Lipinski definition) is 4. The fourth-order valence-electron chi connectivity index (χ4n) is 3.92. The zero-order chi connectivity index (χ0) is 20.9. The molecule has 1 aromatic heterocycles. The van der Waals surface area contributed by atoms with Crippen molar-refractivity contribution in [1.29, 1.82) is 0 Å². The maximum absolute atomic E-state index is 12.6. The summed E-state index contributed by atoms with van der Waals surface area (Å²) in [6, 6.07) is 14.9. The minimum absolute atomic E-state index is 0.0529. The maximum Gasteiger partial charge on any atom is 0.238 e. The molecule has 7 nitrogen and oxygen atoms in total. The van der Waals surface area contributed by atoms with E-state index in [0.29, 0.717) is 17.8 Å². The summed E-state index contributed by atoms with van der Waals surface area (Å²) < 4.78 is 0. The third-order valence-corrected chi connectivity index (χ3v) is 5.51. The highest BCUT2D eigenvalue weighted by atomic mass is 16.3. The number of nitrogens with one attached hydrogen (secondary N) is 2. The van der Waals surface area contributed by atoms with Crippen molar-refractivity contribution >= 4 is 28.2 Å². The number of nitrogens with zero attached hydrogens (tertiary/aromatic N) is 2. The van der Waals surface area contributed by atoms with Crippen LogP contribution in [-0.2, 0) is 11.4 Å². The first kappa shape index (κ1) is 20.1. The predicted molar refractivity (Wildman–Crippen MR) is 117 cm³/mol. The Morgan fingerprint density at radius 1 is 1.10 bits per heavy atom. The number of aromatic nitrogens is 1. The van der Waals surface area contributed by atoms with Gasteiger partial charge in [0.25, 0.3) is 0 Å². The lowest BCUT2D eigenvalue weighted by atomic mass is 10.0. The van der Waals surface area contributed by atoms with Gasteiger partial charge in [0, 0.05) is 36.3 Å². The lowest BCUT2D eigenvalue weighted by Gasteiger charge is -2.33. The van der Waals surface area contributed by atoms with Crippen molar-refractivity contribution < 1.29 is 15.0 Å². The molecule has 2 heterocycles. The summed E-state index contributed by atoms with van der Waals surface area (Å²) in [6.07, 6.45) is 3.42. The third kappa shape index (κ3) is 4.53. The summed E-state index contributed by atoms with van der Waals surface area (Å²) in [7, 11) is 0. The van der Waals surface area contributed by atoms with Gasteiger partial charge in [0.05, 0.1) is 30.0 Å². The summed E-state index contributed by atoms with van der Waals surface area (Å²) in [5.74, 6) is 0.0925. The van der Waals surface area contributed by atoms with Gasteiger partial charge in [-0.15, -0.1) is 0 Å². The molecule has 2 aromatic carbocycles. The molecule has 4 N–H and O–H groups in total. The topological polar surface area (TPSA) is 97.7 Å². The first-order chi connectivity index (χ1) is 14.6. The molecular formula is C23H26N4O3. The minimum atomic E-state index is -0.126. The number of carbonyl (C=O) groups is 1. The van der Waals surface area contributed by atoms with E-state index in [2.05, 4.69) is 20.5 Å². The number of carbonyl (C=O) groups excluding carboxylic acids is 1. The van der Waals surface area contributed by atoms with Gasteiger partial charge in [-0.2, -0.15) is 0 Å². The second kappa shape index (κ2) is 9.11. The molecule has 0 atom stereocenters. The van der Waals surface area contributed by atoms with Gasteiger partial charge in [0.1, 0.15) is 5.75 Å². The zero-order valence-electron chi connectivity index (χ0n) is 16.7. The molecule has 4 rings (SSSR count). The Bertz CT molecular complexity index is 1030. The molecule has 7 heteroatoms. The molecule has 0 spiro atoms. The van der Waals surface area contributed by atoms with Crippen molar-refractivity contribution in [3.63, 3.8) is 0 Å². The third-order valence-electron chi connectivity index (χ3n) is 5.51. The number of phenols is 1. The number of likely N-dealkylation sites (tertiary alicyclic amines) is 1. The number of aliphatic hydroxyl groups is 1. The number of hydrogen-bond acceptors (Lipinski definition) is 6. The van der Waals surface area contributed by atoms with E-state index in [1.54, 1.807) is 24.4 Å². The van der Waals surface area contributed by atoms with Crippen LogP contribution in [0, 0.1) is 0 Å². The molecule has 1 fully saturated rings. The number of anilines is 2. The van der Waals surface area contributed by atoms with Crippen molar-refractivity contribution in [3.05, 3.63) is 60.3 Å². The van der Waals surface area contributed by atoms with Gasteiger partial charge in [-0.05, 0) is 31.0 Å². The summed E-state index contributed by atoms with van der Waals surface area (Å²) in [6.45, 7) is 1.76. The number of pyridine rings is 1. The molecular weight excluding hydrogens is 380 g/mol. The molecule has 3 aromatic rings. The minimum Gasteiger partial charge on any atom is -0.506 e. The molecule has 1 amide bonds. The van der Waals surface area contributed by atoms with E-state index in [4.69, 9.17) is 0 Å². The smallest absolute Gasteiger partial charge is 0.238 e. The van der Waals surface area contributed by atoms with Crippen LogP contribution in [0.3, 0.4) is 0 Å². The molecule has 0 unspecified atom stereocenters. The van der Waals surface area contributed by atoms with Crippen molar-refractivity contribution in [3.8, 4) is 5.75 Å². The summed E-state index contributed by atoms with van der Waals surface area (Å²) in [5, 5.41) is 26.9. The largest absolute Gasteiger partial charge is 0.506 e. The van der Waals surface area contributed by atoms with E-state index in [0.717, 1.165) is 42.5 Å². The quantitative estimate of drug-likeness (QED) is 0.470. The Hall–Kier alpha value is -3.16. The van der Waals surface area contributed by atoms with Gasteiger partial charge >= 0.3 is 0 Å². The Kier molecular flexibility index (Phi) is 6.11. The molecule has 156 valence electrons. The zero-order valence-corrected chi connectivity index (χ0v) is 16.7. The number of fused-ring (bicyclic) bond motifs is 1. The van der Waals surface area contributed by atoms with Crippen molar-refractivity contribution in [2.75, 3.05) is 30.3 Å². The van der Waals surface area contributed by atoms with E-state index in [9.17, 15) is 15.0 Å². The van der Waals surface area contributed by atoms with Gasteiger partial charge < -0.3 is 20.8 Å². The highest BCUT2D eigenvalue weighted by molar-refractivity contribution is 6.00. The van der Waals surface area contributed by atoms with Crippen molar-refractivity contribution in [2.45, 2.75) is 25.5 Å². The van der Waals surface area contributed by atoms with Gasteiger partial charge in [0.2, 0.25) is 5.91 Å². The number of aliphatic hydroxyl groups excluding tert-OH is 1. The fourth-order valence-corrected chi connectivity index (χ4v) is 3.92. The number of piperidine rings is 1. The molecule has 0 radical (unpaired) electrons. The number of para-hydroxylation sites is 2. The highest BCUT2D eigenvalue weighted by Gasteiger charge is 2.22. The second-order valence-electron chi connectivity index (χ2n) is 7.59. The predicted octanol–water partition coefficient (Wildman–Crippen LogP) is 2.95. The van der Waals surface area contributed by atoms with Crippen LogP contribution >= 0.6 is 0 Å². The van der Waals surface area contributed by atoms with E-state index in [-0.39, 0.29) is 24.3 Å². The summed E-state index contributed by atoms with van der Waals surface area (Å²) in [4.78, 5) is 19.1. The molecule has 0 aliphatic carbocycles. The van der Waals surface area contributed by atoms with Gasteiger partial charge in [-0.25, -0.2) is 0 Å². The number of rotatable bonds is 6. The van der Waals surface area contributed by atoms with E-state index < -0.39 is 0 Å². The van der Waals surface area contributed by atoms with Crippen LogP contribution in [0.15, 0.2) is 54.7 Å². The normalized spacial score (nSPS) is 15.2. The van der Waals surface area contributed by atoms with Crippen LogP contribution in [0.2, 0.25) is 0 Å². The van der Waals surface area contributed by atoms with Crippen molar-refractivity contribution in [2.24, 2.45) is 0 Å². The Morgan fingerprint density at radius 3 is 2.67 bits per heavy atom. The van der Waals surface area contributed by atoms with Crippen LogP contribution in [0.4, 0.5) is 11.4 Å². The maximum atomic E-state index is 12.6. The molecule has 1 aliphatic rings. The van der Waals surface area contributed by atoms with Gasteiger partial charge in [-0.1, -0.05) is 30.3 Å². The number of aromatic hydroxyl groups is 1. The van der Waals surface area contributed by atoms with E-state index in [1.165, 1.54) is 0 Å². The highest BCUT2D eigenvalue weighted by Crippen LogP contribution is 2.29. The van der Waals surface area contributed by atoms with Gasteiger partial charge in [-0.3, -0.25) is 14.7 Å². The van der Waals surface area contributed by atoms with Gasteiger partial charge in [0.15, 0.2) is 0 Å². The summed E-state index contributed by atoms with van der Waals surface area (Å²) in [5.41, 5.74) is 2.80. The van der Waals surface area contributed by atoms with Crippen LogP contribution < -0.4 is 10.6 Å². The van der Waals surface area contributed by atoms with Crippen LogP contribution in [0.25, 0.3) is 10.9 Å². The monoisotopic (exact) mass is 406 g/mol. The second-order valence-corrected chi connectivity index (χ2v) is 7.59. The molecule has 1 aliphatic heterocycles. The lowest BCUT2D eigenvalue weighted by molar-refractivity contribution is -0.117. The summed E-state index contributed by atoms with van der Waals surface area (Å²) >= 11 is 0. The standard InChI is InChI=1S/C23H26N4O3/c28-15-17-5-2-8-20(29)23(17)25-18-9-12-27(13-10-18)14-21(30)26-19-7-1-4-16-6-3-11-24-22(16)19/h1-8,11,18,25,28-29H,9-10,12-15H2,(H,26,30). The number of benzene rings is 2.